The summed E-state index contributed by atoms with van der Waals surface area (Å²) in [5, 5.41) is 15.7. The van der Waals surface area contributed by atoms with Crippen molar-refractivity contribution in [2.75, 3.05) is 26.2 Å². The van der Waals surface area contributed by atoms with Crippen molar-refractivity contribution in [3.05, 3.63) is 30.1 Å². The van der Waals surface area contributed by atoms with Crippen LogP contribution < -0.4 is 10.6 Å². The molecule has 140 valence electrons. The molecule has 0 spiro atoms. The number of aromatic nitrogens is 2. The molecule has 2 aromatic rings. The number of nitrogens with one attached hydrogen (secondary N) is 2. The Morgan fingerprint density at radius 1 is 1.32 bits per heavy atom. The molecule has 0 saturated heterocycles. The fraction of sp³-hybridized carbons (Fsp3) is 0.556. The Kier molecular flexibility index (Phi) is 9.81. The van der Waals surface area contributed by atoms with Crippen LogP contribution in [0.2, 0.25) is 0 Å². The van der Waals surface area contributed by atoms with E-state index < -0.39 is 0 Å². The van der Waals surface area contributed by atoms with Crippen molar-refractivity contribution in [1.82, 2.24) is 20.2 Å². The number of rotatable bonds is 8. The predicted octanol–water partition coefficient (Wildman–Crippen LogP) is 2.54. The summed E-state index contributed by atoms with van der Waals surface area (Å²) in [6, 6.07) is 8.24. The number of imidazole rings is 1. The molecule has 1 heterocycles. The molecule has 0 radical (unpaired) electrons. The highest BCUT2D eigenvalue weighted by Crippen LogP contribution is 2.15. The molecule has 0 bridgehead atoms. The van der Waals surface area contributed by atoms with Gasteiger partial charge < -0.3 is 20.3 Å². The fourth-order valence-corrected chi connectivity index (χ4v) is 2.57. The molecule has 1 atom stereocenters. The van der Waals surface area contributed by atoms with Crippen LogP contribution in [0.5, 0.6) is 0 Å². The first kappa shape index (κ1) is 21.7. The van der Waals surface area contributed by atoms with Gasteiger partial charge >= 0.3 is 0 Å². The van der Waals surface area contributed by atoms with Gasteiger partial charge in [0.25, 0.3) is 0 Å². The number of hydrogen-bond acceptors (Lipinski definition) is 3. The summed E-state index contributed by atoms with van der Waals surface area (Å²) in [6.45, 7) is 9.46. The lowest BCUT2D eigenvalue weighted by Gasteiger charge is -2.13. The van der Waals surface area contributed by atoms with E-state index in [1.54, 1.807) is 0 Å². The first-order chi connectivity index (χ1) is 11.7. The molecule has 7 heteroatoms. The Labute approximate surface area is 167 Å². The number of aliphatic imine (C=N–C) groups is 1. The van der Waals surface area contributed by atoms with Crippen molar-refractivity contribution >= 4 is 41.0 Å². The Morgan fingerprint density at radius 3 is 2.80 bits per heavy atom. The number of aryl methyl sites for hydroxylation is 2. The second kappa shape index (κ2) is 11.3. The lowest BCUT2D eigenvalue weighted by molar-refractivity contribution is 0.241. The molecule has 0 aliphatic rings. The number of nitrogens with zero attached hydrogens (tertiary/aromatic N) is 3. The summed E-state index contributed by atoms with van der Waals surface area (Å²) < 4.78 is 2.26. The minimum absolute atomic E-state index is 0. The van der Waals surface area contributed by atoms with Gasteiger partial charge in [-0.25, -0.2) is 4.98 Å². The smallest absolute Gasteiger partial charge is 0.191 e. The van der Waals surface area contributed by atoms with Crippen LogP contribution in [0.4, 0.5) is 0 Å². The van der Waals surface area contributed by atoms with Crippen LogP contribution in [0.1, 0.15) is 26.1 Å². The van der Waals surface area contributed by atoms with Crippen molar-refractivity contribution < 1.29 is 5.11 Å². The highest BCUT2D eigenvalue weighted by Gasteiger charge is 2.06. The van der Waals surface area contributed by atoms with E-state index in [0.717, 1.165) is 43.4 Å². The molecule has 0 aliphatic carbocycles. The molecule has 25 heavy (non-hydrogen) atoms. The molecule has 1 unspecified atom stereocenters. The summed E-state index contributed by atoms with van der Waals surface area (Å²) in [5.74, 6) is 2.04. The molecule has 6 nitrogen and oxygen atoms in total. The lowest BCUT2D eigenvalue weighted by atomic mass is 10.2. The zero-order chi connectivity index (χ0) is 17.4. The van der Waals surface area contributed by atoms with Gasteiger partial charge in [-0.05, 0) is 38.3 Å². The van der Waals surface area contributed by atoms with E-state index in [1.807, 2.05) is 19.9 Å². The number of guanidine groups is 1. The first-order valence-corrected chi connectivity index (χ1v) is 8.70. The molecule has 0 fully saturated rings. The molecular formula is C18H30IN5O. The average Bonchev–Trinajstić information content (AvgIpc) is 2.91. The van der Waals surface area contributed by atoms with E-state index in [4.69, 9.17) is 5.11 Å². The SMILES string of the molecule is CCNC(=NCC(C)CO)NCCCn1c(C)nc2ccccc21.I. The second-order valence-electron chi connectivity index (χ2n) is 6.09. The van der Waals surface area contributed by atoms with E-state index in [-0.39, 0.29) is 36.5 Å². The fourth-order valence-electron chi connectivity index (χ4n) is 2.57. The zero-order valence-corrected chi connectivity index (χ0v) is 17.7. The number of fused-ring (bicyclic) bond motifs is 1. The maximum absolute atomic E-state index is 9.09. The van der Waals surface area contributed by atoms with E-state index in [2.05, 4.69) is 50.3 Å². The van der Waals surface area contributed by atoms with Crippen LogP contribution in [0.3, 0.4) is 0 Å². The Balaban J connectivity index is 0.00000312. The number of hydrogen-bond donors (Lipinski definition) is 3. The van der Waals surface area contributed by atoms with Crippen LogP contribution in [0.25, 0.3) is 11.0 Å². The summed E-state index contributed by atoms with van der Waals surface area (Å²) in [4.78, 5) is 9.10. The number of aliphatic hydroxyl groups is 1. The highest BCUT2D eigenvalue weighted by molar-refractivity contribution is 14.0. The molecule has 2 rings (SSSR count). The van der Waals surface area contributed by atoms with Gasteiger partial charge in [0.05, 0.1) is 11.0 Å². The van der Waals surface area contributed by atoms with E-state index in [1.165, 1.54) is 5.52 Å². The maximum Gasteiger partial charge on any atom is 0.191 e. The third kappa shape index (κ3) is 6.47. The van der Waals surface area contributed by atoms with E-state index >= 15 is 0 Å². The van der Waals surface area contributed by atoms with E-state index in [0.29, 0.717) is 6.54 Å². The van der Waals surface area contributed by atoms with Gasteiger partial charge in [-0.1, -0.05) is 19.1 Å². The number of para-hydroxylation sites is 2. The number of aliphatic hydroxyl groups excluding tert-OH is 1. The summed E-state index contributed by atoms with van der Waals surface area (Å²) in [7, 11) is 0. The Bertz CT molecular complexity index is 671. The van der Waals surface area contributed by atoms with Crippen molar-refractivity contribution in [3.63, 3.8) is 0 Å². The average molecular weight is 459 g/mol. The Morgan fingerprint density at radius 2 is 2.08 bits per heavy atom. The van der Waals surface area contributed by atoms with Gasteiger partial charge in [0, 0.05) is 32.8 Å². The molecule has 0 saturated carbocycles. The van der Waals surface area contributed by atoms with Crippen LogP contribution in [0.15, 0.2) is 29.3 Å². The van der Waals surface area contributed by atoms with Crippen molar-refractivity contribution in [1.29, 1.82) is 0 Å². The van der Waals surface area contributed by atoms with Crippen LogP contribution in [-0.4, -0.2) is 46.9 Å². The quantitative estimate of drug-likeness (QED) is 0.246. The van der Waals surface area contributed by atoms with Gasteiger partial charge in [-0.3, -0.25) is 4.99 Å². The summed E-state index contributed by atoms with van der Waals surface area (Å²) in [5.41, 5.74) is 2.24. The summed E-state index contributed by atoms with van der Waals surface area (Å²) >= 11 is 0. The number of halogens is 1. The molecular weight excluding hydrogens is 429 g/mol. The first-order valence-electron chi connectivity index (χ1n) is 8.70. The lowest BCUT2D eigenvalue weighted by Crippen LogP contribution is -2.38. The highest BCUT2D eigenvalue weighted by atomic mass is 127. The van der Waals surface area contributed by atoms with Crippen molar-refractivity contribution in [3.8, 4) is 0 Å². The molecule has 1 aromatic heterocycles. The minimum Gasteiger partial charge on any atom is -0.396 e. The summed E-state index contributed by atoms with van der Waals surface area (Å²) in [6.07, 6.45) is 0.987. The second-order valence-corrected chi connectivity index (χ2v) is 6.09. The van der Waals surface area contributed by atoms with Crippen LogP contribution in [-0.2, 0) is 6.54 Å². The molecule has 1 aromatic carbocycles. The van der Waals surface area contributed by atoms with Gasteiger partial charge in [-0.2, -0.15) is 0 Å². The third-order valence-electron chi connectivity index (χ3n) is 3.91. The third-order valence-corrected chi connectivity index (χ3v) is 3.91. The van der Waals surface area contributed by atoms with Gasteiger partial charge in [0.15, 0.2) is 5.96 Å². The van der Waals surface area contributed by atoms with Gasteiger partial charge in [0.2, 0.25) is 0 Å². The molecule has 3 N–H and O–H groups in total. The topological polar surface area (TPSA) is 74.5 Å². The zero-order valence-electron chi connectivity index (χ0n) is 15.3. The maximum atomic E-state index is 9.09. The Hall–Kier alpha value is -1.35. The van der Waals surface area contributed by atoms with Gasteiger partial charge in [-0.15, -0.1) is 24.0 Å². The van der Waals surface area contributed by atoms with Crippen molar-refractivity contribution in [2.45, 2.75) is 33.7 Å². The number of benzene rings is 1. The minimum atomic E-state index is 0. The van der Waals surface area contributed by atoms with Gasteiger partial charge in [0.1, 0.15) is 5.82 Å². The monoisotopic (exact) mass is 459 g/mol. The molecule has 0 aliphatic heterocycles. The normalized spacial score (nSPS) is 12.7. The predicted molar refractivity (Wildman–Crippen MR) is 115 cm³/mol. The van der Waals surface area contributed by atoms with Crippen LogP contribution in [0, 0.1) is 12.8 Å². The molecule has 0 amide bonds. The van der Waals surface area contributed by atoms with Crippen LogP contribution >= 0.6 is 24.0 Å². The largest absolute Gasteiger partial charge is 0.396 e. The van der Waals surface area contributed by atoms with Crippen molar-refractivity contribution in [2.24, 2.45) is 10.9 Å². The standard InChI is InChI=1S/C18H29N5O.HI/c1-4-19-18(21-12-14(2)13-24)20-10-7-11-23-15(3)22-16-8-5-6-9-17(16)23;/h5-6,8-9,14,24H,4,7,10-13H2,1-3H3,(H2,19,20,21);1H. The van der Waals surface area contributed by atoms with E-state index in [9.17, 15) is 0 Å².